The third-order valence-electron chi connectivity index (χ3n) is 4.69. The number of carbonyl (C=O) groups is 6. The van der Waals surface area contributed by atoms with Gasteiger partial charge in [-0.15, -0.1) is 0 Å². The van der Waals surface area contributed by atoms with Crippen molar-refractivity contribution >= 4 is 35.6 Å². The second-order valence-corrected chi connectivity index (χ2v) is 7.68. The zero-order valence-electron chi connectivity index (χ0n) is 18.8. The van der Waals surface area contributed by atoms with Crippen LogP contribution in [0.25, 0.3) is 0 Å². The summed E-state index contributed by atoms with van der Waals surface area (Å²) in [4.78, 5) is 77.6. The van der Waals surface area contributed by atoms with Crippen LogP contribution in [0.1, 0.15) is 31.9 Å². The minimum absolute atomic E-state index is 0.0360. The maximum Gasteiger partial charge on any atom is 0.326 e. The van der Waals surface area contributed by atoms with Crippen LogP contribution in [0.2, 0.25) is 0 Å². The van der Waals surface area contributed by atoms with Gasteiger partial charge in [0.15, 0.2) is 0 Å². The van der Waals surface area contributed by atoms with E-state index >= 15 is 0 Å². The third kappa shape index (κ3) is 10.2. The Bertz CT molecular complexity index is 920. The highest BCUT2D eigenvalue weighted by molar-refractivity contribution is 5.95. The van der Waals surface area contributed by atoms with Crippen LogP contribution in [0.3, 0.4) is 0 Å². The second kappa shape index (κ2) is 13.6. The number of primary amides is 1. The highest BCUT2D eigenvalue weighted by Crippen LogP contribution is 2.04. The first-order chi connectivity index (χ1) is 16.3. The standard InChI is InChI=1S/C19H29N7O9/c1-8(27)15(18(33)25-12(19(34)35)5-13(21)28)26-17(32)11(2-3-14(29)30)24-16(31)10(20)4-9-6-22-7-23-9/h6-8,10-12,15,27H,2-5,20H2,1H3,(H2,21,28)(H,22,23)(H,24,31)(H,25,33)(H,26,32)(H,29,30)(H,34,35). The number of aromatic nitrogens is 2. The van der Waals surface area contributed by atoms with Gasteiger partial charge in [0.05, 0.1) is 24.9 Å². The molecule has 1 aromatic heterocycles. The van der Waals surface area contributed by atoms with E-state index in [1.54, 1.807) is 0 Å². The average Bonchev–Trinajstić information content (AvgIpc) is 3.26. The number of carbonyl (C=O) groups excluding carboxylic acids is 4. The van der Waals surface area contributed by atoms with Crippen molar-refractivity contribution in [2.45, 2.75) is 62.9 Å². The minimum atomic E-state index is -1.72. The van der Waals surface area contributed by atoms with Gasteiger partial charge in [-0.25, -0.2) is 9.78 Å². The summed E-state index contributed by atoms with van der Waals surface area (Å²) in [6.07, 6.45) is -0.336. The number of nitrogens with two attached hydrogens (primary N) is 2. The fourth-order valence-corrected chi connectivity index (χ4v) is 2.86. The van der Waals surface area contributed by atoms with Crippen LogP contribution in [0.5, 0.6) is 0 Å². The molecule has 0 aliphatic heterocycles. The molecule has 1 heterocycles. The molecule has 194 valence electrons. The summed E-state index contributed by atoms with van der Waals surface area (Å²) in [5, 5.41) is 34.5. The molecule has 16 nitrogen and oxygen atoms in total. The number of aliphatic hydroxyl groups is 1. The zero-order valence-corrected chi connectivity index (χ0v) is 18.8. The molecule has 0 fully saturated rings. The smallest absolute Gasteiger partial charge is 0.326 e. The van der Waals surface area contributed by atoms with Crippen LogP contribution < -0.4 is 27.4 Å². The number of rotatable bonds is 15. The summed E-state index contributed by atoms with van der Waals surface area (Å²) < 4.78 is 0. The molecule has 0 aliphatic carbocycles. The molecule has 5 atom stereocenters. The van der Waals surface area contributed by atoms with Crippen molar-refractivity contribution in [3.8, 4) is 0 Å². The number of carboxylic acids is 2. The van der Waals surface area contributed by atoms with Gasteiger partial charge in [0.25, 0.3) is 0 Å². The molecule has 0 spiro atoms. The van der Waals surface area contributed by atoms with Crippen LogP contribution in [-0.4, -0.2) is 91.1 Å². The van der Waals surface area contributed by atoms with Crippen molar-refractivity contribution in [3.63, 3.8) is 0 Å². The number of hydrogen-bond donors (Lipinski definition) is 9. The molecular formula is C19H29N7O9. The molecule has 4 amide bonds. The minimum Gasteiger partial charge on any atom is -0.481 e. The summed E-state index contributed by atoms with van der Waals surface area (Å²) in [6, 6.07) is -6.01. The van der Waals surface area contributed by atoms with Gasteiger partial charge in [-0.3, -0.25) is 24.0 Å². The SMILES string of the molecule is CC(O)C(NC(=O)C(CCC(=O)O)NC(=O)C(N)Cc1cnc[nH]1)C(=O)NC(CC(N)=O)C(=O)O. The third-order valence-corrected chi connectivity index (χ3v) is 4.69. The predicted octanol–water partition coefficient (Wildman–Crippen LogP) is -4.06. The lowest BCUT2D eigenvalue weighted by atomic mass is 10.1. The molecule has 0 bridgehead atoms. The van der Waals surface area contributed by atoms with Gasteiger partial charge < -0.3 is 47.7 Å². The van der Waals surface area contributed by atoms with E-state index in [1.165, 1.54) is 12.5 Å². The summed E-state index contributed by atoms with van der Waals surface area (Å²) in [5.41, 5.74) is 11.3. The van der Waals surface area contributed by atoms with Gasteiger partial charge in [-0.1, -0.05) is 0 Å². The second-order valence-electron chi connectivity index (χ2n) is 7.68. The molecule has 16 heteroatoms. The van der Waals surface area contributed by atoms with E-state index in [-0.39, 0.29) is 12.8 Å². The average molecular weight is 499 g/mol. The van der Waals surface area contributed by atoms with E-state index in [2.05, 4.69) is 20.6 Å². The van der Waals surface area contributed by atoms with Crippen molar-refractivity contribution in [3.05, 3.63) is 18.2 Å². The largest absolute Gasteiger partial charge is 0.481 e. The van der Waals surface area contributed by atoms with Crippen molar-refractivity contribution in [1.29, 1.82) is 0 Å². The number of H-pyrrole nitrogens is 1. The quantitative estimate of drug-likeness (QED) is 0.112. The van der Waals surface area contributed by atoms with Crippen LogP contribution in [0, 0.1) is 0 Å². The molecule has 0 radical (unpaired) electrons. The van der Waals surface area contributed by atoms with E-state index in [4.69, 9.17) is 21.7 Å². The summed E-state index contributed by atoms with van der Waals surface area (Å²) in [6.45, 7) is 1.12. The number of amides is 4. The fourth-order valence-electron chi connectivity index (χ4n) is 2.86. The summed E-state index contributed by atoms with van der Waals surface area (Å²) in [7, 11) is 0. The summed E-state index contributed by atoms with van der Waals surface area (Å²) >= 11 is 0. The van der Waals surface area contributed by atoms with Crippen LogP contribution in [0.15, 0.2) is 12.5 Å². The maximum absolute atomic E-state index is 12.8. The van der Waals surface area contributed by atoms with Gasteiger partial charge in [0, 0.05) is 24.7 Å². The molecule has 0 aliphatic rings. The van der Waals surface area contributed by atoms with E-state index in [0.717, 1.165) is 6.92 Å². The number of aliphatic hydroxyl groups excluding tert-OH is 1. The lowest BCUT2D eigenvalue weighted by Gasteiger charge is -2.26. The Morgan fingerprint density at radius 2 is 1.66 bits per heavy atom. The van der Waals surface area contributed by atoms with Crippen molar-refractivity contribution < 1.29 is 44.1 Å². The predicted molar refractivity (Wildman–Crippen MR) is 116 cm³/mol. The number of carboxylic acid groups (broad SMARTS) is 2. The first kappa shape index (κ1) is 29.0. The number of hydrogen-bond acceptors (Lipinski definition) is 9. The van der Waals surface area contributed by atoms with Gasteiger partial charge >= 0.3 is 11.9 Å². The zero-order chi connectivity index (χ0) is 26.7. The molecule has 5 unspecified atom stereocenters. The maximum atomic E-state index is 12.8. The van der Waals surface area contributed by atoms with E-state index < -0.39 is 78.7 Å². The van der Waals surface area contributed by atoms with Crippen LogP contribution in [-0.2, 0) is 35.2 Å². The Balaban J connectivity index is 2.95. The molecule has 0 aromatic carbocycles. The Hall–Kier alpha value is -4.05. The van der Waals surface area contributed by atoms with Gasteiger partial charge in [-0.05, 0) is 13.3 Å². The van der Waals surface area contributed by atoms with Gasteiger partial charge in [-0.2, -0.15) is 0 Å². The first-order valence-electron chi connectivity index (χ1n) is 10.4. The Morgan fingerprint density at radius 3 is 2.14 bits per heavy atom. The van der Waals surface area contributed by atoms with Crippen LogP contribution >= 0.6 is 0 Å². The number of nitrogens with one attached hydrogen (secondary N) is 4. The van der Waals surface area contributed by atoms with Gasteiger partial charge in [0.2, 0.25) is 23.6 Å². The molecular weight excluding hydrogens is 470 g/mol. The molecule has 0 saturated heterocycles. The van der Waals surface area contributed by atoms with Crippen LogP contribution in [0.4, 0.5) is 0 Å². The normalized spacial score (nSPS) is 15.1. The molecule has 0 saturated carbocycles. The monoisotopic (exact) mass is 499 g/mol. The highest BCUT2D eigenvalue weighted by Gasteiger charge is 2.33. The molecule has 1 aromatic rings. The van der Waals surface area contributed by atoms with Crippen molar-refractivity contribution in [2.75, 3.05) is 0 Å². The number of aromatic amines is 1. The number of aliphatic carboxylic acids is 2. The van der Waals surface area contributed by atoms with Crippen molar-refractivity contribution in [1.82, 2.24) is 25.9 Å². The molecule has 11 N–H and O–H groups in total. The lowest BCUT2D eigenvalue weighted by molar-refractivity contribution is -0.144. The molecule has 1 rings (SSSR count). The number of nitrogens with zero attached hydrogens (tertiary/aromatic N) is 1. The summed E-state index contributed by atoms with van der Waals surface area (Å²) in [5.74, 6) is -6.84. The first-order valence-corrected chi connectivity index (χ1v) is 10.4. The molecule has 35 heavy (non-hydrogen) atoms. The van der Waals surface area contributed by atoms with Gasteiger partial charge in [0.1, 0.15) is 18.1 Å². The highest BCUT2D eigenvalue weighted by atomic mass is 16.4. The Morgan fingerprint density at radius 1 is 1.03 bits per heavy atom. The Labute approximate surface area is 198 Å². The van der Waals surface area contributed by atoms with E-state index in [9.17, 15) is 33.9 Å². The van der Waals surface area contributed by atoms with E-state index in [0.29, 0.717) is 5.69 Å². The fraction of sp³-hybridized carbons (Fsp3) is 0.526. The lowest BCUT2D eigenvalue weighted by Crippen LogP contribution is -2.60. The topological polar surface area (TPSA) is 280 Å². The van der Waals surface area contributed by atoms with E-state index in [1.807, 2.05) is 5.32 Å². The van der Waals surface area contributed by atoms with Crippen molar-refractivity contribution in [2.24, 2.45) is 11.5 Å². The Kier molecular flexibility index (Phi) is 11.3. The number of imidazole rings is 1.